The predicted octanol–water partition coefficient (Wildman–Crippen LogP) is 2.82. The summed E-state index contributed by atoms with van der Waals surface area (Å²) in [5.74, 6) is 4.84. The average Bonchev–Trinajstić information content (AvgIpc) is 3.15. The normalized spacial score (nSPS) is 18.4. The summed E-state index contributed by atoms with van der Waals surface area (Å²) in [5.41, 5.74) is 3.33. The van der Waals surface area contributed by atoms with Gasteiger partial charge in [-0.15, -0.1) is 5.92 Å². The largest absolute Gasteiger partial charge is 0.364 e. The number of carbonyl (C=O) groups excluding carboxylic acids is 3. The fourth-order valence-corrected chi connectivity index (χ4v) is 4.77. The summed E-state index contributed by atoms with van der Waals surface area (Å²) in [5, 5.41) is 3.66. The number of aromatic nitrogens is 1. The third-order valence-corrected chi connectivity index (χ3v) is 5.89. The van der Waals surface area contributed by atoms with Crippen molar-refractivity contribution in [1.29, 1.82) is 0 Å². The van der Waals surface area contributed by atoms with E-state index in [0.717, 1.165) is 22.3 Å². The molecule has 2 heterocycles. The zero-order valence-corrected chi connectivity index (χ0v) is 16.7. The van der Waals surface area contributed by atoms with Gasteiger partial charge in [0.2, 0.25) is 0 Å². The standard InChI is InChI=1S/C23H22N2O4/c1-4-5-16-8-14(2)20(15(3)9-16)21-18(26)10-23(11-19(21)27)12-25(13-23)22(28)17-6-7-29-24-17/h6-9,21H,10-13H2,1-3H3. The zero-order chi connectivity index (χ0) is 20.8. The van der Waals surface area contributed by atoms with Crippen molar-refractivity contribution in [2.45, 2.75) is 39.5 Å². The third kappa shape index (κ3) is 3.27. The molecule has 2 aromatic rings. The minimum atomic E-state index is -0.718. The van der Waals surface area contributed by atoms with Crippen molar-refractivity contribution in [3.63, 3.8) is 0 Å². The topological polar surface area (TPSA) is 80.5 Å². The molecule has 1 aromatic carbocycles. The summed E-state index contributed by atoms with van der Waals surface area (Å²) < 4.78 is 4.72. The molecule has 1 aliphatic heterocycles. The monoisotopic (exact) mass is 390 g/mol. The molecule has 1 amide bonds. The maximum atomic E-state index is 13.1. The van der Waals surface area contributed by atoms with Crippen LogP contribution in [0.3, 0.4) is 0 Å². The lowest BCUT2D eigenvalue weighted by molar-refractivity contribution is -0.141. The Kier molecular flexibility index (Phi) is 4.62. The zero-order valence-electron chi connectivity index (χ0n) is 16.7. The Balaban J connectivity index is 1.52. The van der Waals surface area contributed by atoms with Gasteiger partial charge in [0, 0.05) is 43.0 Å². The molecule has 0 atom stereocenters. The molecule has 2 aliphatic rings. The average molecular weight is 390 g/mol. The Morgan fingerprint density at radius 2 is 1.79 bits per heavy atom. The van der Waals surface area contributed by atoms with E-state index in [1.807, 2.05) is 26.0 Å². The van der Waals surface area contributed by atoms with Gasteiger partial charge >= 0.3 is 0 Å². The van der Waals surface area contributed by atoms with E-state index in [4.69, 9.17) is 4.52 Å². The highest BCUT2D eigenvalue weighted by Crippen LogP contribution is 2.46. The lowest BCUT2D eigenvalue weighted by atomic mass is 9.63. The molecule has 29 heavy (non-hydrogen) atoms. The minimum absolute atomic E-state index is 0.0599. The number of hydrogen-bond acceptors (Lipinski definition) is 5. The first-order valence-electron chi connectivity index (χ1n) is 9.62. The molecule has 1 saturated carbocycles. The maximum Gasteiger partial charge on any atom is 0.276 e. The van der Waals surface area contributed by atoms with E-state index in [-0.39, 0.29) is 23.2 Å². The molecule has 0 N–H and O–H groups in total. The molecule has 2 fully saturated rings. The van der Waals surface area contributed by atoms with E-state index >= 15 is 0 Å². The SMILES string of the molecule is CC#Cc1cc(C)c(C2C(=O)CC3(CC2=O)CN(C(=O)c2ccon2)C3)c(C)c1. The summed E-state index contributed by atoms with van der Waals surface area (Å²) in [6.07, 6.45) is 1.96. The van der Waals surface area contributed by atoms with Crippen molar-refractivity contribution in [3.8, 4) is 11.8 Å². The van der Waals surface area contributed by atoms with Gasteiger partial charge in [0.15, 0.2) is 5.69 Å². The highest BCUT2D eigenvalue weighted by molar-refractivity contribution is 6.11. The van der Waals surface area contributed by atoms with Crippen LogP contribution in [0.2, 0.25) is 0 Å². The molecule has 1 aliphatic carbocycles. The number of carbonyl (C=O) groups is 3. The number of likely N-dealkylation sites (tertiary alicyclic amines) is 1. The summed E-state index contributed by atoms with van der Waals surface area (Å²) in [6.45, 7) is 6.42. The third-order valence-electron chi connectivity index (χ3n) is 5.89. The van der Waals surface area contributed by atoms with Crippen LogP contribution in [0.15, 0.2) is 29.0 Å². The van der Waals surface area contributed by atoms with E-state index in [2.05, 4.69) is 17.0 Å². The fourth-order valence-electron chi connectivity index (χ4n) is 4.77. The second-order valence-corrected chi connectivity index (χ2v) is 8.16. The van der Waals surface area contributed by atoms with Crippen molar-refractivity contribution in [1.82, 2.24) is 10.1 Å². The van der Waals surface area contributed by atoms with E-state index < -0.39 is 11.3 Å². The van der Waals surface area contributed by atoms with Crippen LogP contribution >= 0.6 is 0 Å². The van der Waals surface area contributed by atoms with Crippen LogP contribution < -0.4 is 0 Å². The number of rotatable bonds is 2. The van der Waals surface area contributed by atoms with Crippen molar-refractivity contribution in [3.05, 3.63) is 52.4 Å². The number of ketones is 2. The van der Waals surface area contributed by atoms with Gasteiger partial charge in [-0.2, -0.15) is 0 Å². The smallest absolute Gasteiger partial charge is 0.276 e. The Bertz CT molecular complexity index is 1020. The number of Topliss-reactive ketones (excluding diaryl/α,β-unsaturated/α-hetero) is 2. The van der Waals surface area contributed by atoms with Gasteiger partial charge in [0.1, 0.15) is 23.7 Å². The highest BCUT2D eigenvalue weighted by Gasteiger charge is 2.53. The Hall–Kier alpha value is -3.20. The van der Waals surface area contributed by atoms with Crippen LogP contribution in [-0.2, 0) is 9.59 Å². The number of benzene rings is 1. The molecular formula is C23H22N2O4. The van der Waals surface area contributed by atoms with Crippen LogP contribution in [-0.4, -0.2) is 40.6 Å². The van der Waals surface area contributed by atoms with Crippen LogP contribution in [0.25, 0.3) is 0 Å². The quantitative estimate of drug-likeness (QED) is 0.582. The molecule has 0 unspecified atom stereocenters. The van der Waals surface area contributed by atoms with Gasteiger partial charge in [-0.1, -0.05) is 11.1 Å². The van der Waals surface area contributed by atoms with Gasteiger partial charge < -0.3 is 9.42 Å². The van der Waals surface area contributed by atoms with Gasteiger partial charge in [0.25, 0.3) is 5.91 Å². The Morgan fingerprint density at radius 1 is 1.17 bits per heavy atom. The summed E-state index contributed by atoms with van der Waals surface area (Å²) in [7, 11) is 0. The highest BCUT2D eigenvalue weighted by atomic mass is 16.5. The second-order valence-electron chi connectivity index (χ2n) is 8.16. The first kappa shape index (κ1) is 19.1. The molecule has 4 rings (SSSR count). The predicted molar refractivity (Wildman–Crippen MR) is 105 cm³/mol. The van der Waals surface area contributed by atoms with Gasteiger partial charge in [-0.25, -0.2) is 0 Å². The number of aryl methyl sites for hydroxylation is 2. The maximum absolute atomic E-state index is 13.1. The molecule has 6 nitrogen and oxygen atoms in total. The minimum Gasteiger partial charge on any atom is -0.364 e. The lowest BCUT2D eigenvalue weighted by Gasteiger charge is -2.52. The van der Waals surface area contributed by atoms with Gasteiger partial charge in [-0.05, 0) is 49.6 Å². The summed E-state index contributed by atoms with van der Waals surface area (Å²) in [4.78, 5) is 40.1. The molecule has 0 bridgehead atoms. The molecule has 0 radical (unpaired) electrons. The molecular weight excluding hydrogens is 368 g/mol. The van der Waals surface area contributed by atoms with E-state index in [1.165, 1.54) is 12.3 Å². The second kappa shape index (κ2) is 7.00. The Morgan fingerprint density at radius 3 is 2.31 bits per heavy atom. The van der Waals surface area contributed by atoms with Gasteiger partial charge in [0.05, 0.1) is 0 Å². The fraction of sp³-hybridized carbons (Fsp3) is 0.391. The summed E-state index contributed by atoms with van der Waals surface area (Å²) >= 11 is 0. The number of hydrogen-bond donors (Lipinski definition) is 0. The summed E-state index contributed by atoms with van der Waals surface area (Å²) in [6, 6.07) is 5.38. The molecule has 1 aromatic heterocycles. The number of amides is 1. The van der Waals surface area contributed by atoms with E-state index in [0.29, 0.717) is 25.9 Å². The van der Waals surface area contributed by atoms with Crippen molar-refractivity contribution in [2.24, 2.45) is 5.41 Å². The Labute approximate surface area is 169 Å². The van der Waals surface area contributed by atoms with Crippen LogP contribution in [0, 0.1) is 31.1 Å². The van der Waals surface area contributed by atoms with Crippen LogP contribution in [0.5, 0.6) is 0 Å². The molecule has 148 valence electrons. The molecule has 1 spiro atoms. The lowest BCUT2D eigenvalue weighted by Crippen LogP contribution is -2.62. The molecule has 1 saturated heterocycles. The van der Waals surface area contributed by atoms with Crippen molar-refractivity contribution in [2.75, 3.05) is 13.1 Å². The molecule has 6 heteroatoms. The van der Waals surface area contributed by atoms with E-state index in [9.17, 15) is 14.4 Å². The van der Waals surface area contributed by atoms with Crippen molar-refractivity contribution < 1.29 is 18.9 Å². The van der Waals surface area contributed by atoms with Crippen molar-refractivity contribution >= 4 is 17.5 Å². The first-order chi connectivity index (χ1) is 13.8. The van der Waals surface area contributed by atoms with Crippen LogP contribution in [0.4, 0.5) is 0 Å². The first-order valence-corrected chi connectivity index (χ1v) is 9.62. The van der Waals surface area contributed by atoms with Crippen LogP contribution in [0.1, 0.15) is 58.4 Å². The van der Waals surface area contributed by atoms with E-state index in [1.54, 1.807) is 11.8 Å². The van der Waals surface area contributed by atoms with Gasteiger partial charge in [-0.3, -0.25) is 14.4 Å². The number of nitrogens with zero attached hydrogens (tertiary/aromatic N) is 2.